The minimum atomic E-state index is -1.68. The van der Waals surface area contributed by atoms with Crippen molar-refractivity contribution in [3.8, 4) is 0 Å². The maximum Gasteiger partial charge on any atom is 0.335 e. The van der Waals surface area contributed by atoms with Crippen molar-refractivity contribution in [3.05, 3.63) is 114 Å². The summed E-state index contributed by atoms with van der Waals surface area (Å²) in [5, 5.41) is 78.7. The largest absolute Gasteiger partial charge is 0.479 e. The maximum absolute atomic E-state index is 11.3. The number of aliphatic hydroxyl groups excluding tert-OH is 6. The second kappa shape index (κ2) is 20.6. The molecule has 8 N–H and O–H groups in total. The van der Waals surface area contributed by atoms with Crippen LogP contribution in [0.1, 0.15) is 80.0 Å². The molecule has 6 rings (SSSR count). The molecular weight excluding hydrogens is 863 g/mol. The van der Waals surface area contributed by atoms with E-state index in [0.717, 1.165) is 22.3 Å². The van der Waals surface area contributed by atoms with Crippen molar-refractivity contribution in [2.24, 2.45) is 0 Å². The van der Waals surface area contributed by atoms with E-state index < -0.39 is 73.0 Å². The molecule has 2 saturated heterocycles. The Hall–Kier alpha value is -2.81. The van der Waals surface area contributed by atoms with Gasteiger partial charge in [0, 0.05) is 32.4 Å². The zero-order valence-electron chi connectivity index (χ0n) is 29.4. The maximum atomic E-state index is 11.3. The van der Waals surface area contributed by atoms with Gasteiger partial charge in [-0.05, 0) is 85.3 Å². The van der Waals surface area contributed by atoms with Gasteiger partial charge in [0.25, 0.3) is 0 Å². The lowest BCUT2D eigenvalue weighted by Crippen LogP contribution is -2.56. The van der Waals surface area contributed by atoms with Gasteiger partial charge in [-0.1, -0.05) is 51.3 Å². The molecule has 2 aliphatic heterocycles. The topological polar surface area (TPSA) is 214 Å². The molecule has 0 bridgehead atoms. The van der Waals surface area contributed by atoms with E-state index in [2.05, 4.69) is 24.3 Å². The first-order chi connectivity index (χ1) is 24.5. The third kappa shape index (κ3) is 11.2. The molecular formula is C40H53IO12S2. The molecule has 55 heavy (non-hydrogen) atoms. The average molecular weight is 917 g/mol. The smallest absolute Gasteiger partial charge is 0.335 e. The number of carbonyl (C=O) groups is 2. The highest BCUT2D eigenvalue weighted by Gasteiger charge is 2.48. The minimum absolute atomic E-state index is 0. The Labute approximate surface area is 346 Å². The highest BCUT2D eigenvalue weighted by Crippen LogP contribution is 2.36. The molecule has 2 fully saturated rings. The first-order valence-corrected chi connectivity index (χ1v) is 18.3. The number of ether oxygens (including phenoxy) is 2. The van der Waals surface area contributed by atoms with Crippen molar-refractivity contribution in [2.75, 3.05) is 0 Å². The van der Waals surface area contributed by atoms with Gasteiger partial charge >= 0.3 is 11.9 Å². The first kappa shape index (κ1) is 48.3. The summed E-state index contributed by atoms with van der Waals surface area (Å²) in [6.45, 7) is 8.05. The zero-order valence-corrected chi connectivity index (χ0v) is 33.4. The van der Waals surface area contributed by atoms with Crippen molar-refractivity contribution in [2.45, 2.75) is 116 Å². The number of halogens is 1. The molecule has 4 heterocycles. The Kier molecular flexibility index (Phi) is 18.1. The first-order valence-electron chi connectivity index (χ1n) is 16.7. The van der Waals surface area contributed by atoms with Crippen molar-refractivity contribution in [1.29, 1.82) is 0 Å². The number of rotatable bonds is 8. The van der Waals surface area contributed by atoms with E-state index in [1.54, 1.807) is 34.8 Å². The third-order valence-electron chi connectivity index (χ3n) is 9.44. The van der Waals surface area contributed by atoms with Crippen LogP contribution in [0.25, 0.3) is 0 Å². The van der Waals surface area contributed by atoms with Gasteiger partial charge in [0.15, 0.2) is 12.2 Å². The van der Waals surface area contributed by atoms with E-state index in [1.165, 1.54) is 19.5 Å². The van der Waals surface area contributed by atoms with E-state index in [0.29, 0.717) is 24.0 Å². The second-order valence-electron chi connectivity index (χ2n) is 13.3. The van der Waals surface area contributed by atoms with Crippen LogP contribution >= 0.6 is 46.7 Å². The van der Waals surface area contributed by atoms with Gasteiger partial charge in [-0.3, -0.25) is 0 Å². The lowest BCUT2D eigenvalue weighted by atomic mass is 9.89. The number of thiophene rings is 2. The molecule has 0 amide bonds. The standard InChI is InChI=1S/2C19H22O6S.2CH4.HI/c2*1-9-3-5-11(7-12(9)8-13-6-4-10(2)26-13)17-15(21)14(20)16(22)18(25-17)19(23)24;;;/h2*3-7,14-18,20-22H,8H2,1-2H3,(H,23,24);2*1H4;1H/t2*14-,15-,16+,17?,18+;;;/m11.../s1. The molecule has 0 saturated carbocycles. The monoisotopic (exact) mass is 916 g/mol. The number of hydrogen-bond donors (Lipinski definition) is 8. The van der Waals surface area contributed by atoms with Gasteiger partial charge in [0.1, 0.15) is 48.8 Å². The van der Waals surface area contributed by atoms with Crippen molar-refractivity contribution < 1.29 is 59.9 Å². The van der Waals surface area contributed by atoms with E-state index in [-0.39, 0.29) is 38.8 Å². The van der Waals surface area contributed by atoms with Gasteiger partial charge in [-0.15, -0.1) is 46.7 Å². The van der Waals surface area contributed by atoms with Crippen LogP contribution < -0.4 is 0 Å². The summed E-state index contributed by atoms with van der Waals surface area (Å²) in [7, 11) is 0. The number of aryl methyl sites for hydroxylation is 4. The number of carboxylic acids is 2. The van der Waals surface area contributed by atoms with Gasteiger partial charge in [0.2, 0.25) is 0 Å². The SMILES string of the molecule is C.C.Cc1ccc(Cc2cc(C3O[C@H](C(=O)O)[C@@H](O)[C@H](O)[C@H]3O)ccc2C)s1.Cc1ccc(Cc2cc(C3O[C@H](C(=O)O)[C@@H](O)[C@H](O)[C@H]3O)ccc2C)s1.I. The molecule has 10 atom stereocenters. The normalized spacial score (nSPS) is 27.3. The number of aliphatic hydroxyl groups is 6. The highest BCUT2D eigenvalue weighted by atomic mass is 127. The predicted molar refractivity (Wildman–Crippen MR) is 221 cm³/mol. The Bertz CT molecular complexity index is 1740. The van der Waals surface area contributed by atoms with Crippen LogP contribution in [0.4, 0.5) is 0 Å². The highest BCUT2D eigenvalue weighted by molar-refractivity contribution is 14.0. The summed E-state index contributed by atoms with van der Waals surface area (Å²) in [5.74, 6) is -2.76. The molecule has 0 spiro atoms. The predicted octanol–water partition coefficient (Wildman–Crippen LogP) is 5.02. The number of benzene rings is 2. The summed E-state index contributed by atoms with van der Waals surface area (Å²) < 4.78 is 10.8. The molecule has 304 valence electrons. The summed E-state index contributed by atoms with van der Waals surface area (Å²) in [6.07, 6.45) is -13.2. The van der Waals surface area contributed by atoms with Crippen LogP contribution in [-0.4, -0.2) is 102 Å². The van der Waals surface area contributed by atoms with E-state index in [4.69, 9.17) is 9.47 Å². The molecule has 0 radical (unpaired) electrons. The fraction of sp³-hybridized carbons (Fsp3) is 0.450. The Morgan fingerprint density at radius 3 is 1.18 bits per heavy atom. The van der Waals surface area contributed by atoms with Gasteiger partial charge in [-0.25, -0.2) is 9.59 Å². The van der Waals surface area contributed by atoms with Crippen LogP contribution in [0.2, 0.25) is 0 Å². The van der Waals surface area contributed by atoms with Crippen LogP contribution in [0.5, 0.6) is 0 Å². The van der Waals surface area contributed by atoms with Gasteiger partial charge in [0.05, 0.1) is 0 Å². The van der Waals surface area contributed by atoms with Crippen molar-refractivity contribution in [3.63, 3.8) is 0 Å². The summed E-state index contributed by atoms with van der Waals surface area (Å²) >= 11 is 3.41. The fourth-order valence-corrected chi connectivity index (χ4v) is 8.20. The Morgan fingerprint density at radius 2 is 0.891 bits per heavy atom. The lowest BCUT2D eigenvalue weighted by molar-refractivity contribution is -0.230. The van der Waals surface area contributed by atoms with E-state index >= 15 is 0 Å². The summed E-state index contributed by atoms with van der Waals surface area (Å²) in [5.41, 5.74) is 5.35. The van der Waals surface area contributed by atoms with Gasteiger partial charge < -0.3 is 50.3 Å². The second-order valence-corrected chi connectivity index (χ2v) is 16.1. The van der Waals surface area contributed by atoms with Crippen LogP contribution in [0.3, 0.4) is 0 Å². The van der Waals surface area contributed by atoms with Crippen molar-refractivity contribution in [1.82, 2.24) is 0 Å². The summed E-state index contributed by atoms with van der Waals surface area (Å²) in [4.78, 5) is 27.4. The molecule has 2 aromatic heterocycles. The third-order valence-corrected chi connectivity index (χ3v) is 11.4. The summed E-state index contributed by atoms with van der Waals surface area (Å²) in [6, 6.07) is 19.2. The fourth-order valence-electron chi connectivity index (χ4n) is 6.37. The Morgan fingerprint density at radius 1 is 0.545 bits per heavy atom. The molecule has 15 heteroatoms. The Balaban J connectivity index is 0.000000360. The number of carboxylic acid groups (broad SMARTS) is 2. The van der Waals surface area contributed by atoms with Gasteiger partial charge in [-0.2, -0.15) is 0 Å². The number of hydrogen-bond acceptors (Lipinski definition) is 12. The van der Waals surface area contributed by atoms with Crippen LogP contribution in [0, 0.1) is 27.7 Å². The molecule has 2 aromatic carbocycles. The van der Waals surface area contributed by atoms with Crippen LogP contribution in [-0.2, 0) is 31.9 Å². The van der Waals surface area contributed by atoms with E-state index in [1.807, 2.05) is 52.0 Å². The molecule has 12 nitrogen and oxygen atoms in total. The lowest BCUT2D eigenvalue weighted by Gasteiger charge is -2.39. The molecule has 4 aromatic rings. The molecule has 2 unspecified atom stereocenters. The van der Waals surface area contributed by atoms with E-state index in [9.17, 15) is 50.4 Å². The van der Waals surface area contributed by atoms with Crippen molar-refractivity contribution >= 4 is 58.6 Å². The average Bonchev–Trinajstić information content (AvgIpc) is 3.71. The zero-order chi connectivity index (χ0) is 38.0. The minimum Gasteiger partial charge on any atom is -0.479 e. The quantitative estimate of drug-likeness (QED) is 0.110. The number of aliphatic carboxylic acids is 2. The van der Waals surface area contributed by atoms with Crippen LogP contribution in [0.15, 0.2) is 60.7 Å². The molecule has 0 aliphatic carbocycles. The molecule has 2 aliphatic rings.